The number of likely N-dealkylation sites (tertiary alicyclic amines) is 1. The van der Waals surface area contributed by atoms with Gasteiger partial charge >= 0.3 is 6.03 Å². The molecule has 1 aromatic heterocycles. The van der Waals surface area contributed by atoms with Crippen molar-refractivity contribution in [1.29, 1.82) is 0 Å². The maximum absolute atomic E-state index is 12.0. The summed E-state index contributed by atoms with van der Waals surface area (Å²) < 4.78 is 0. The smallest absolute Gasteiger partial charge is 0.315 e. The van der Waals surface area contributed by atoms with Crippen molar-refractivity contribution < 1.29 is 9.59 Å². The summed E-state index contributed by atoms with van der Waals surface area (Å²) in [7, 11) is 1.74. The SMILES string of the molecule is CN(CCc1ccccn1)C(=O)CNC(=O)NCCN1CCCCC1. The van der Waals surface area contributed by atoms with Crippen LogP contribution >= 0.6 is 0 Å². The molecular weight excluding hydrogens is 318 g/mol. The second-order valence-corrected chi connectivity index (χ2v) is 6.40. The first kappa shape index (κ1) is 19.2. The lowest BCUT2D eigenvalue weighted by atomic mass is 10.1. The van der Waals surface area contributed by atoms with E-state index >= 15 is 0 Å². The minimum Gasteiger partial charge on any atom is -0.344 e. The van der Waals surface area contributed by atoms with E-state index < -0.39 is 0 Å². The summed E-state index contributed by atoms with van der Waals surface area (Å²) in [4.78, 5) is 32.0. The highest BCUT2D eigenvalue weighted by Crippen LogP contribution is 2.07. The van der Waals surface area contributed by atoms with Crippen LogP contribution in [0, 0.1) is 0 Å². The van der Waals surface area contributed by atoms with E-state index in [1.807, 2.05) is 18.2 Å². The molecule has 138 valence electrons. The molecule has 1 aliphatic heterocycles. The van der Waals surface area contributed by atoms with Gasteiger partial charge in [-0.05, 0) is 38.1 Å². The molecule has 3 amide bonds. The third-order valence-corrected chi connectivity index (χ3v) is 4.42. The highest BCUT2D eigenvalue weighted by atomic mass is 16.2. The number of aromatic nitrogens is 1. The maximum atomic E-state index is 12.0. The number of pyridine rings is 1. The van der Waals surface area contributed by atoms with Gasteiger partial charge in [-0.15, -0.1) is 0 Å². The Hall–Kier alpha value is -2.15. The molecule has 0 unspecified atom stereocenters. The molecule has 0 aliphatic carbocycles. The van der Waals surface area contributed by atoms with Crippen LogP contribution in [-0.4, -0.2) is 73.0 Å². The normalized spacial score (nSPS) is 14.8. The van der Waals surface area contributed by atoms with Gasteiger partial charge in [-0.25, -0.2) is 4.79 Å². The molecule has 0 saturated carbocycles. The fraction of sp³-hybridized carbons (Fsp3) is 0.611. The van der Waals surface area contributed by atoms with E-state index in [4.69, 9.17) is 0 Å². The molecule has 1 fully saturated rings. The lowest BCUT2D eigenvalue weighted by Crippen LogP contribution is -2.45. The van der Waals surface area contributed by atoms with Crippen LogP contribution in [0.4, 0.5) is 4.79 Å². The Balaban J connectivity index is 1.55. The average molecular weight is 347 g/mol. The van der Waals surface area contributed by atoms with E-state index in [0.717, 1.165) is 25.3 Å². The first-order valence-electron chi connectivity index (χ1n) is 9.03. The molecule has 0 aromatic carbocycles. The van der Waals surface area contributed by atoms with Crippen molar-refractivity contribution in [2.24, 2.45) is 0 Å². The molecular formula is C18H29N5O2. The molecule has 1 saturated heterocycles. The predicted octanol–water partition coefficient (Wildman–Crippen LogP) is 0.868. The van der Waals surface area contributed by atoms with E-state index in [9.17, 15) is 9.59 Å². The van der Waals surface area contributed by atoms with Gasteiger partial charge < -0.3 is 20.4 Å². The largest absolute Gasteiger partial charge is 0.344 e. The van der Waals surface area contributed by atoms with Gasteiger partial charge in [-0.1, -0.05) is 12.5 Å². The number of hydrogen-bond acceptors (Lipinski definition) is 4. The number of rotatable bonds is 8. The summed E-state index contributed by atoms with van der Waals surface area (Å²) in [6, 6.07) is 5.45. The minimum atomic E-state index is -0.288. The molecule has 1 aromatic rings. The predicted molar refractivity (Wildman–Crippen MR) is 97.3 cm³/mol. The number of piperidine rings is 1. The van der Waals surface area contributed by atoms with Crippen LogP contribution < -0.4 is 10.6 Å². The summed E-state index contributed by atoms with van der Waals surface area (Å²) >= 11 is 0. The molecule has 0 bridgehead atoms. The first-order chi connectivity index (χ1) is 12.1. The topological polar surface area (TPSA) is 77.6 Å². The van der Waals surface area contributed by atoms with Crippen LogP contribution in [0.25, 0.3) is 0 Å². The number of urea groups is 1. The average Bonchev–Trinajstić information content (AvgIpc) is 2.66. The Morgan fingerprint density at radius 1 is 1.20 bits per heavy atom. The van der Waals surface area contributed by atoms with Gasteiger partial charge in [0, 0.05) is 45.0 Å². The summed E-state index contributed by atoms with van der Waals surface area (Å²) in [5.41, 5.74) is 0.950. The quantitative estimate of drug-likeness (QED) is 0.731. The van der Waals surface area contributed by atoms with Gasteiger partial charge in [0.25, 0.3) is 0 Å². The zero-order valence-corrected chi connectivity index (χ0v) is 15.0. The number of hydrogen-bond donors (Lipinski definition) is 2. The Morgan fingerprint density at radius 2 is 2.00 bits per heavy atom. The molecule has 2 N–H and O–H groups in total. The highest BCUT2D eigenvalue weighted by Gasteiger charge is 2.12. The second-order valence-electron chi connectivity index (χ2n) is 6.40. The van der Waals surface area contributed by atoms with Crippen LogP contribution in [0.2, 0.25) is 0 Å². The molecule has 1 aliphatic rings. The van der Waals surface area contributed by atoms with Gasteiger partial charge in [0.1, 0.15) is 0 Å². The van der Waals surface area contributed by atoms with Crippen molar-refractivity contribution in [2.45, 2.75) is 25.7 Å². The van der Waals surface area contributed by atoms with E-state index in [0.29, 0.717) is 19.5 Å². The third kappa shape index (κ3) is 7.51. The van der Waals surface area contributed by atoms with Crippen molar-refractivity contribution in [3.63, 3.8) is 0 Å². The molecule has 0 spiro atoms. The minimum absolute atomic E-state index is 0.00820. The van der Waals surface area contributed by atoms with Crippen molar-refractivity contribution in [3.8, 4) is 0 Å². The second kappa shape index (κ2) is 10.7. The lowest BCUT2D eigenvalue weighted by Gasteiger charge is -2.26. The van der Waals surface area contributed by atoms with E-state index in [1.165, 1.54) is 19.3 Å². The van der Waals surface area contributed by atoms with Crippen LogP contribution in [0.5, 0.6) is 0 Å². The van der Waals surface area contributed by atoms with Crippen molar-refractivity contribution in [1.82, 2.24) is 25.4 Å². The van der Waals surface area contributed by atoms with Crippen LogP contribution in [-0.2, 0) is 11.2 Å². The number of nitrogens with zero attached hydrogens (tertiary/aromatic N) is 3. The Kier molecular flexibility index (Phi) is 8.18. The lowest BCUT2D eigenvalue weighted by molar-refractivity contribution is -0.128. The van der Waals surface area contributed by atoms with E-state index in [-0.39, 0.29) is 18.5 Å². The molecule has 0 atom stereocenters. The van der Waals surface area contributed by atoms with Crippen molar-refractivity contribution >= 4 is 11.9 Å². The zero-order chi connectivity index (χ0) is 17.9. The van der Waals surface area contributed by atoms with E-state index in [2.05, 4.69) is 20.5 Å². The highest BCUT2D eigenvalue weighted by molar-refractivity contribution is 5.83. The summed E-state index contributed by atoms with van der Waals surface area (Å²) in [5.74, 6) is -0.109. The third-order valence-electron chi connectivity index (χ3n) is 4.42. The summed E-state index contributed by atoms with van der Waals surface area (Å²) in [5, 5.41) is 5.43. The summed E-state index contributed by atoms with van der Waals surface area (Å²) in [6.07, 6.45) is 6.23. The van der Waals surface area contributed by atoms with Gasteiger partial charge in [-0.2, -0.15) is 0 Å². The summed E-state index contributed by atoms with van der Waals surface area (Å²) in [6.45, 7) is 4.29. The Morgan fingerprint density at radius 3 is 2.72 bits per heavy atom. The van der Waals surface area contributed by atoms with Crippen molar-refractivity contribution in [3.05, 3.63) is 30.1 Å². The first-order valence-corrected chi connectivity index (χ1v) is 9.03. The maximum Gasteiger partial charge on any atom is 0.315 e. The van der Waals surface area contributed by atoms with Gasteiger partial charge in [-0.3, -0.25) is 9.78 Å². The number of likely N-dealkylation sites (N-methyl/N-ethyl adjacent to an activating group) is 1. The fourth-order valence-corrected chi connectivity index (χ4v) is 2.82. The number of carbonyl (C=O) groups is 2. The number of carbonyl (C=O) groups excluding carboxylic acids is 2. The van der Waals surface area contributed by atoms with Gasteiger partial charge in [0.05, 0.1) is 6.54 Å². The Labute approximate surface area is 149 Å². The molecule has 7 heteroatoms. The van der Waals surface area contributed by atoms with Crippen LogP contribution in [0.15, 0.2) is 24.4 Å². The van der Waals surface area contributed by atoms with Gasteiger partial charge in [0.15, 0.2) is 0 Å². The van der Waals surface area contributed by atoms with Gasteiger partial charge in [0.2, 0.25) is 5.91 Å². The molecule has 0 radical (unpaired) electrons. The zero-order valence-electron chi connectivity index (χ0n) is 15.0. The Bertz CT molecular complexity index is 532. The van der Waals surface area contributed by atoms with Crippen LogP contribution in [0.3, 0.4) is 0 Å². The van der Waals surface area contributed by atoms with E-state index in [1.54, 1.807) is 18.1 Å². The molecule has 2 rings (SSSR count). The fourth-order valence-electron chi connectivity index (χ4n) is 2.82. The molecule has 2 heterocycles. The van der Waals surface area contributed by atoms with Crippen LogP contribution in [0.1, 0.15) is 25.0 Å². The number of amides is 3. The molecule has 7 nitrogen and oxygen atoms in total. The van der Waals surface area contributed by atoms with Crippen molar-refractivity contribution in [2.75, 3.05) is 46.3 Å². The molecule has 25 heavy (non-hydrogen) atoms. The number of nitrogens with one attached hydrogen (secondary N) is 2. The monoisotopic (exact) mass is 347 g/mol. The standard InChI is InChI=1S/C18H29N5O2/c1-22(13-8-16-7-3-4-9-19-16)17(24)15-21-18(25)20-10-14-23-11-5-2-6-12-23/h3-4,7,9H,2,5-6,8,10-15H2,1H3,(H2,20,21,25).